The highest BCUT2D eigenvalue weighted by Crippen LogP contribution is 2.13. The average molecular weight is 335 g/mol. The second-order valence-corrected chi connectivity index (χ2v) is 6.76. The summed E-state index contributed by atoms with van der Waals surface area (Å²) in [6.07, 6.45) is 0.999. The van der Waals surface area contributed by atoms with Crippen LogP contribution in [0, 0.1) is 17.7 Å². The van der Waals surface area contributed by atoms with Crippen LogP contribution in [0.5, 0.6) is 0 Å². The first-order valence-corrected chi connectivity index (χ1v) is 8.46. The van der Waals surface area contributed by atoms with Crippen LogP contribution in [0.4, 0.5) is 4.39 Å². The van der Waals surface area contributed by atoms with Gasteiger partial charge in [0.05, 0.1) is 5.56 Å². The van der Waals surface area contributed by atoms with Crippen LogP contribution in [0.3, 0.4) is 0 Å². The van der Waals surface area contributed by atoms with Crippen molar-refractivity contribution in [2.24, 2.45) is 11.8 Å². The van der Waals surface area contributed by atoms with Crippen molar-refractivity contribution in [2.75, 3.05) is 13.1 Å². The Hall–Kier alpha value is -1.95. The quantitative estimate of drug-likeness (QED) is 0.767. The normalized spacial score (nSPS) is 22.0. The van der Waals surface area contributed by atoms with E-state index in [1.165, 1.54) is 18.2 Å². The molecule has 0 aromatic heterocycles. The van der Waals surface area contributed by atoms with Crippen LogP contribution in [0.2, 0.25) is 0 Å². The molecule has 132 valence electrons. The molecule has 0 radical (unpaired) electrons. The van der Waals surface area contributed by atoms with Crippen molar-refractivity contribution < 1.29 is 14.0 Å². The summed E-state index contributed by atoms with van der Waals surface area (Å²) in [4.78, 5) is 24.9. The minimum Gasteiger partial charge on any atom is -0.350 e. The van der Waals surface area contributed by atoms with Gasteiger partial charge in [0.1, 0.15) is 11.9 Å². The summed E-state index contributed by atoms with van der Waals surface area (Å²) in [5.41, 5.74) is -0.0522. The summed E-state index contributed by atoms with van der Waals surface area (Å²) in [6.45, 7) is 7.49. The molecule has 1 aromatic rings. The van der Waals surface area contributed by atoms with E-state index in [1.54, 1.807) is 6.07 Å². The summed E-state index contributed by atoms with van der Waals surface area (Å²) >= 11 is 0. The lowest BCUT2D eigenvalue weighted by Crippen LogP contribution is -2.57. The molecule has 0 saturated carbocycles. The number of benzene rings is 1. The summed E-state index contributed by atoms with van der Waals surface area (Å²) in [6, 6.07) is 5.10. The maximum atomic E-state index is 13.7. The van der Waals surface area contributed by atoms with Gasteiger partial charge in [-0.25, -0.2) is 4.39 Å². The monoisotopic (exact) mass is 335 g/mol. The lowest BCUT2D eigenvalue weighted by Gasteiger charge is -2.32. The standard InChI is InChI=1S/C18H26FN3O2/c1-11(2)16(18(24)21-15-10-20-9-8-12(15)3)22-17(23)13-6-4-5-7-14(13)19/h4-7,11-12,15-16,20H,8-10H2,1-3H3,(H,21,24)(H,22,23). The van der Waals surface area contributed by atoms with Crippen molar-refractivity contribution in [2.45, 2.75) is 39.3 Å². The molecule has 3 N–H and O–H groups in total. The molecule has 2 amide bonds. The third kappa shape index (κ3) is 4.54. The highest BCUT2D eigenvalue weighted by molar-refractivity contribution is 5.97. The third-order valence-electron chi connectivity index (χ3n) is 4.51. The molecule has 3 unspecified atom stereocenters. The zero-order chi connectivity index (χ0) is 17.7. The van der Waals surface area contributed by atoms with E-state index in [9.17, 15) is 14.0 Å². The highest BCUT2D eigenvalue weighted by atomic mass is 19.1. The lowest BCUT2D eigenvalue weighted by molar-refractivity contribution is -0.125. The maximum Gasteiger partial charge on any atom is 0.254 e. The zero-order valence-corrected chi connectivity index (χ0v) is 14.4. The van der Waals surface area contributed by atoms with Crippen LogP contribution < -0.4 is 16.0 Å². The van der Waals surface area contributed by atoms with Gasteiger partial charge in [-0.2, -0.15) is 0 Å². The van der Waals surface area contributed by atoms with Crippen molar-refractivity contribution in [1.82, 2.24) is 16.0 Å². The van der Waals surface area contributed by atoms with Gasteiger partial charge in [0.25, 0.3) is 5.91 Å². The molecule has 0 aliphatic carbocycles. The molecular formula is C18H26FN3O2. The number of hydrogen-bond acceptors (Lipinski definition) is 3. The van der Waals surface area contributed by atoms with Gasteiger partial charge in [0.15, 0.2) is 0 Å². The number of carbonyl (C=O) groups is 2. The number of rotatable bonds is 5. The molecule has 3 atom stereocenters. The molecule has 5 nitrogen and oxygen atoms in total. The van der Waals surface area contributed by atoms with Crippen LogP contribution in [0.1, 0.15) is 37.6 Å². The molecule has 1 saturated heterocycles. The van der Waals surface area contributed by atoms with E-state index in [0.29, 0.717) is 5.92 Å². The molecule has 1 aliphatic rings. The average Bonchev–Trinajstić information content (AvgIpc) is 2.54. The Labute approximate surface area is 142 Å². The first kappa shape index (κ1) is 18.4. The van der Waals surface area contributed by atoms with E-state index in [1.807, 2.05) is 13.8 Å². The number of piperidine rings is 1. The van der Waals surface area contributed by atoms with E-state index in [0.717, 1.165) is 19.5 Å². The fourth-order valence-electron chi connectivity index (χ4n) is 2.85. The topological polar surface area (TPSA) is 70.2 Å². The largest absolute Gasteiger partial charge is 0.350 e. The van der Waals surface area contributed by atoms with Crippen molar-refractivity contribution in [3.63, 3.8) is 0 Å². The van der Waals surface area contributed by atoms with Gasteiger partial charge < -0.3 is 16.0 Å². The van der Waals surface area contributed by atoms with Crippen LogP contribution >= 0.6 is 0 Å². The lowest BCUT2D eigenvalue weighted by atomic mass is 9.93. The number of nitrogens with one attached hydrogen (secondary N) is 3. The Morgan fingerprint density at radius 3 is 2.62 bits per heavy atom. The van der Waals surface area contributed by atoms with Crippen LogP contribution in [0.15, 0.2) is 24.3 Å². The van der Waals surface area contributed by atoms with Gasteiger partial charge in [0, 0.05) is 12.6 Å². The molecule has 1 fully saturated rings. The number of halogens is 1. The molecule has 24 heavy (non-hydrogen) atoms. The first-order chi connectivity index (χ1) is 11.4. The smallest absolute Gasteiger partial charge is 0.254 e. The summed E-state index contributed by atoms with van der Waals surface area (Å²) in [5.74, 6) is -1.12. The molecule has 1 heterocycles. The van der Waals surface area contributed by atoms with Crippen LogP contribution in [-0.2, 0) is 4.79 Å². The maximum absolute atomic E-state index is 13.7. The van der Waals surface area contributed by atoms with Gasteiger partial charge in [-0.15, -0.1) is 0 Å². The second kappa shape index (κ2) is 8.24. The molecular weight excluding hydrogens is 309 g/mol. The summed E-state index contributed by atoms with van der Waals surface area (Å²) in [7, 11) is 0. The fourth-order valence-corrected chi connectivity index (χ4v) is 2.85. The molecule has 6 heteroatoms. The Bertz CT molecular complexity index is 591. The van der Waals surface area contributed by atoms with Gasteiger partial charge in [-0.3, -0.25) is 9.59 Å². The van der Waals surface area contributed by atoms with E-state index in [4.69, 9.17) is 0 Å². The van der Waals surface area contributed by atoms with Crippen molar-refractivity contribution in [1.29, 1.82) is 0 Å². The van der Waals surface area contributed by atoms with Crippen LogP contribution in [-0.4, -0.2) is 37.0 Å². The second-order valence-electron chi connectivity index (χ2n) is 6.76. The minimum absolute atomic E-state index is 0.0397. The van der Waals surface area contributed by atoms with Gasteiger partial charge in [-0.1, -0.05) is 32.9 Å². The van der Waals surface area contributed by atoms with Gasteiger partial charge in [0.2, 0.25) is 5.91 Å². The molecule has 1 aromatic carbocycles. The van der Waals surface area contributed by atoms with Gasteiger partial charge >= 0.3 is 0 Å². The highest BCUT2D eigenvalue weighted by Gasteiger charge is 2.29. The van der Waals surface area contributed by atoms with E-state index >= 15 is 0 Å². The van der Waals surface area contributed by atoms with Crippen molar-refractivity contribution in [3.05, 3.63) is 35.6 Å². The van der Waals surface area contributed by atoms with E-state index in [-0.39, 0.29) is 23.4 Å². The molecule has 0 spiro atoms. The number of amides is 2. The Kier molecular flexibility index (Phi) is 6.31. The predicted octanol–water partition coefficient (Wildman–Crippen LogP) is 1.69. The number of carbonyl (C=O) groups excluding carboxylic acids is 2. The summed E-state index contributed by atoms with van der Waals surface area (Å²) < 4.78 is 13.7. The van der Waals surface area contributed by atoms with E-state index < -0.39 is 17.8 Å². The SMILES string of the molecule is CC(C)C(NC(=O)c1ccccc1F)C(=O)NC1CNCCC1C. The van der Waals surface area contributed by atoms with Gasteiger partial charge in [-0.05, 0) is 36.9 Å². The predicted molar refractivity (Wildman–Crippen MR) is 91.1 cm³/mol. The molecule has 2 rings (SSSR count). The zero-order valence-electron chi connectivity index (χ0n) is 14.4. The first-order valence-electron chi connectivity index (χ1n) is 8.46. The van der Waals surface area contributed by atoms with Crippen molar-refractivity contribution in [3.8, 4) is 0 Å². The van der Waals surface area contributed by atoms with E-state index in [2.05, 4.69) is 22.9 Å². The number of hydrogen-bond donors (Lipinski definition) is 3. The molecule has 1 aliphatic heterocycles. The van der Waals surface area contributed by atoms with Crippen molar-refractivity contribution >= 4 is 11.8 Å². The summed E-state index contributed by atoms with van der Waals surface area (Å²) in [5, 5.41) is 8.94. The molecule has 0 bridgehead atoms. The Morgan fingerprint density at radius 1 is 1.29 bits per heavy atom. The minimum atomic E-state index is -0.703. The Balaban J connectivity index is 2.04. The van der Waals surface area contributed by atoms with Crippen LogP contribution in [0.25, 0.3) is 0 Å². The Morgan fingerprint density at radius 2 is 2.00 bits per heavy atom. The third-order valence-corrected chi connectivity index (χ3v) is 4.51. The fraction of sp³-hybridized carbons (Fsp3) is 0.556.